The van der Waals surface area contributed by atoms with Gasteiger partial charge in [-0.05, 0) is 38.5 Å². The summed E-state index contributed by atoms with van der Waals surface area (Å²) in [5.41, 5.74) is 5.89. The normalized spacial score (nSPS) is 20.7. The third-order valence-corrected chi connectivity index (χ3v) is 1.94. The number of aliphatic hydroxyl groups is 1. The number of carbonyl (C=O) groups excluding carboxylic acids is 1. The number of hydrogen-bond donors (Lipinski definition) is 2. The van der Waals surface area contributed by atoms with Gasteiger partial charge >= 0.3 is 6.09 Å². The first kappa shape index (κ1) is 12.7. The monoisotopic (exact) mass is 226 g/mol. The minimum absolute atomic E-state index is 0.0909. The minimum Gasteiger partial charge on any atom is -0.443 e. The van der Waals surface area contributed by atoms with Gasteiger partial charge in [-0.1, -0.05) is 0 Å². The molecule has 90 valence electrons. The lowest BCUT2D eigenvalue weighted by Gasteiger charge is -2.29. The van der Waals surface area contributed by atoms with Crippen molar-refractivity contribution >= 4 is 6.09 Å². The molecule has 0 saturated carbocycles. The van der Waals surface area contributed by atoms with Gasteiger partial charge in [-0.3, -0.25) is 4.90 Å². The van der Waals surface area contributed by atoms with Crippen LogP contribution in [-0.4, -0.2) is 34.5 Å². The first-order valence-corrected chi connectivity index (χ1v) is 5.10. The van der Waals surface area contributed by atoms with Crippen LogP contribution in [0.4, 0.5) is 4.79 Å². The van der Waals surface area contributed by atoms with Crippen molar-refractivity contribution in [3.63, 3.8) is 0 Å². The van der Waals surface area contributed by atoms with E-state index in [0.29, 0.717) is 5.57 Å². The van der Waals surface area contributed by atoms with Crippen molar-refractivity contribution in [3.8, 4) is 0 Å². The quantitative estimate of drug-likeness (QED) is 0.698. The molecule has 1 unspecified atom stereocenters. The van der Waals surface area contributed by atoms with Gasteiger partial charge in [-0.25, -0.2) is 4.79 Å². The van der Waals surface area contributed by atoms with Crippen molar-refractivity contribution < 1.29 is 14.6 Å². The Balaban J connectivity index is 2.68. The average molecular weight is 226 g/mol. The Bertz CT molecular complexity index is 329. The number of amides is 1. The molecule has 0 bridgehead atoms. The summed E-state index contributed by atoms with van der Waals surface area (Å²) < 4.78 is 5.18. The first-order valence-electron chi connectivity index (χ1n) is 5.10. The van der Waals surface area contributed by atoms with Crippen molar-refractivity contribution in [3.05, 3.63) is 23.9 Å². The maximum atomic E-state index is 11.7. The van der Waals surface area contributed by atoms with E-state index in [0.717, 1.165) is 0 Å². The molecule has 1 heterocycles. The molecule has 0 aromatic rings. The summed E-state index contributed by atoms with van der Waals surface area (Å²) in [6.07, 6.45) is 3.67. The zero-order chi connectivity index (χ0) is 12.3. The van der Waals surface area contributed by atoms with Gasteiger partial charge in [0.25, 0.3) is 0 Å². The van der Waals surface area contributed by atoms with Crippen LogP contribution in [0.3, 0.4) is 0 Å². The van der Waals surface area contributed by atoms with Crippen LogP contribution in [0.15, 0.2) is 23.9 Å². The van der Waals surface area contributed by atoms with Crippen LogP contribution in [0.25, 0.3) is 0 Å². The van der Waals surface area contributed by atoms with E-state index < -0.39 is 17.9 Å². The smallest absolute Gasteiger partial charge is 0.415 e. The van der Waals surface area contributed by atoms with E-state index in [9.17, 15) is 4.79 Å². The number of nitrogens with two attached hydrogens (primary N) is 1. The molecule has 0 spiro atoms. The van der Waals surface area contributed by atoms with Crippen LogP contribution in [0.2, 0.25) is 0 Å². The van der Waals surface area contributed by atoms with Crippen molar-refractivity contribution in [1.29, 1.82) is 0 Å². The molecule has 5 heteroatoms. The van der Waals surface area contributed by atoms with E-state index >= 15 is 0 Å². The lowest BCUT2D eigenvalue weighted by atomic mass is 10.2. The van der Waals surface area contributed by atoms with E-state index in [-0.39, 0.29) is 6.61 Å². The average Bonchev–Trinajstić information content (AvgIpc) is 2.14. The van der Waals surface area contributed by atoms with Crippen LogP contribution in [0, 0.1) is 0 Å². The highest BCUT2D eigenvalue weighted by atomic mass is 16.6. The molecule has 16 heavy (non-hydrogen) atoms. The maximum absolute atomic E-state index is 11.7. The van der Waals surface area contributed by atoms with Gasteiger partial charge in [-0.15, -0.1) is 0 Å². The summed E-state index contributed by atoms with van der Waals surface area (Å²) in [5, 5.41) is 8.91. The highest BCUT2D eigenvalue weighted by molar-refractivity contribution is 5.70. The van der Waals surface area contributed by atoms with Crippen molar-refractivity contribution in [2.24, 2.45) is 5.73 Å². The van der Waals surface area contributed by atoms with Crippen LogP contribution < -0.4 is 5.73 Å². The molecule has 0 aromatic carbocycles. The lowest BCUT2D eigenvalue weighted by molar-refractivity contribution is 0.0297. The fraction of sp³-hybridized carbons (Fsp3) is 0.545. The number of aliphatic hydroxyl groups excluding tert-OH is 1. The second kappa shape index (κ2) is 4.67. The second-order valence-corrected chi connectivity index (χ2v) is 4.59. The summed E-state index contributed by atoms with van der Waals surface area (Å²) in [5.74, 6) is 0. The third kappa shape index (κ3) is 3.36. The van der Waals surface area contributed by atoms with Gasteiger partial charge < -0.3 is 15.6 Å². The van der Waals surface area contributed by atoms with Gasteiger partial charge in [0.2, 0.25) is 0 Å². The van der Waals surface area contributed by atoms with E-state index in [2.05, 4.69) is 0 Å². The number of ether oxygens (including phenoxy) is 1. The standard InChI is InChI=1S/C11H18N2O3/c1-11(2,3)16-10(15)13-5-4-8(7-14)6-9(13)12/h4-6,9,14H,7,12H2,1-3H3. The molecule has 0 fully saturated rings. The number of rotatable bonds is 1. The minimum atomic E-state index is -0.595. The molecular formula is C11H18N2O3. The molecule has 1 aliphatic heterocycles. The molecule has 1 rings (SSSR count). The Kier molecular flexibility index (Phi) is 3.72. The van der Waals surface area contributed by atoms with Gasteiger partial charge in [0.15, 0.2) is 0 Å². The fourth-order valence-corrected chi connectivity index (χ4v) is 1.23. The van der Waals surface area contributed by atoms with Crippen LogP contribution >= 0.6 is 0 Å². The molecule has 1 atom stereocenters. The zero-order valence-electron chi connectivity index (χ0n) is 9.80. The summed E-state index contributed by atoms with van der Waals surface area (Å²) in [6, 6.07) is 0. The Labute approximate surface area is 95.2 Å². The van der Waals surface area contributed by atoms with Crippen molar-refractivity contribution in [1.82, 2.24) is 4.90 Å². The summed E-state index contributed by atoms with van der Waals surface area (Å²) in [7, 11) is 0. The Morgan fingerprint density at radius 1 is 1.62 bits per heavy atom. The zero-order valence-corrected chi connectivity index (χ0v) is 9.80. The molecule has 0 saturated heterocycles. The Morgan fingerprint density at radius 3 is 2.69 bits per heavy atom. The van der Waals surface area contributed by atoms with E-state index in [1.54, 1.807) is 32.9 Å². The number of carbonyl (C=O) groups is 1. The second-order valence-electron chi connectivity index (χ2n) is 4.59. The molecule has 0 aliphatic carbocycles. The van der Waals surface area contributed by atoms with Gasteiger partial charge in [0.05, 0.1) is 6.61 Å². The fourth-order valence-electron chi connectivity index (χ4n) is 1.23. The van der Waals surface area contributed by atoms with E-state index in [4.69, 9.17) is 15.6 Å². The lowest BCUT2D eigenvalue weighted by Crippen LogP contribution is -2.45. The summed E-state index contributed by atoms with van der Waals surface area (Å²) in [6.45, 7) is 5.28. The van der Waals surface area contributed by atoms with E-state index in [1.807, 2.05) is 0 Å². The Hall–Kier alpha value is -1.33. The SMILES string of the molecule is CC(C)(C)OC(=O)N1C=CC(CO)=CC1N. The summed E-state index contributed by atoms with van der Waals surface area (Å²) >= 11 is 0. The van der Waals surface area contributed by atoms with Gasteiger partial charge in [0, 0.05) is 6.20 Å². The van der Waals surface area contributed by atoms with Crippen LogP contribution in [0.1, 0.15) is 20.8 Å². The van der Waals surface area contributed by atoms with Crippen molar-refractivity contribution in [2.45, 2.75) is 32.5 Å². The molecular weight excluding hydrogens is 208 g/mol. The third-order valence-electron chi connectivity index (χ3n) is 1.94. The maximum Gasteiger partial charge on any atom is 0.415 e. The molecule has 5 nitrogen and oxygen atoms in total. The molecule has 1 amide bonds. The molecule has 1 aliphatic rings. The first-order chi connectivity index (χ1) is 7.33. The van der Waals surface area contributed by atoms with Crippen LogP contribution in [-0.2, 0) is 4.74 Å². The molecule has 3 N–H and O–H groups in total. The molecule has 0 radical (unpaired) electrons. The number of hydrogen-bond acceptors (Lipinski definition) is 4. The van der Waals surface area contributed by atoms with Gasteiger partial charge in [0.1, 0.15) is 11.8 Å². The topological polar surface area (TPSA) is 75.8 Å². The predicted octanol–water partition coefficient (Wildman–Crippen LogP) is 0.954. The highest BCUT2D eigenvalue weighted by Crippen LogP contribution is 2.15. The van der Waals surface area contributed by atoms with Crippen LogP contribution in [0.5, 0.6) is 0 Å². The van der Waals surface area contributed by atoms with Crippen molar-refractivity contribution in [2.75, 3.05) is 6.61 Å². The largest absolute Gasteiger partial charge is 0.443 e. The van der Waals surface area contributed by atoms with Gasteiger partial charge in [-0.2, -0.15) is 0 Å². The number of nitrogens with zero attached hydrogens (tertiary/aromatic N) is 1. The van der Waals surface area contributed by atoms with E-state index in [1.165, 1.54) is 11.1 Å². The predicted molar refractivity (Wildman–Crippen MR) is 60.4 cm³/mol. The molecule has 0 aromatic heterocycles. The summed E-state index contributed by atoms with van der Waals surface area (Å²) in [4.78, 5) is 13.0. The Morgan fingerprint density at radius 2 is 2.25 bits per heavy atom. The highest BCUT2D eigenvalue weighted by Gasteiger charge is 2.25.